The van der Waals surface area contributed by atoms with E-state index in [9.17, 15) is 9.59 Å². The number of aromatic carboxylic acids is 1. The first-order valence-electron chi connectivity index (χ1n) is 6.41. The predicted octanol–water partition coefficient (Wildman–Crippen LogP) is 0.931. The zero-order valence-corrected chi connectivity index (χ0v) is 11.3. The zero-order valence-electron chi connectivity index (χ0n) is 11.3. The lowest BCUT2D eigenvalue weighted by Crippen LogP contribution is -2.43. The molecule has 1 saturated heterocycles. The Morgan fingerprint density at radius 2 is 2.05 bits per heavy atom. The zero-order chi connectivity index (χ0) is 14.5. The number of carbonyl (C=O) groups is 2. The van der Waals surface area contributed by atoms with Crippen LogP contribution in [0.1, 0.15) is 15.9 Å². The van der Waals surface area contributed by atoms with Gasteiger partial charge in [-0.2, -0.15) is 0 Å². The van der Waals surface area contributed by atoms with Gasteiger partial charge >= 0.3 is 5.97 Å². The molecule has 2 rings (SSSR count). The molecule has 0 unspecified atom stereocenters. The molecular weight excluding hydrogens is 262 g/mol. The SMILES string of the molecule is Cc1c(OCC(=O)N2CCOCC2)cccc1C(=O)O. The minimum Gasteiger partial charge on any atom is -0.483 e. The van der Waals surface area contributed by atoms with Gasteiger partial charge in [0, 0.05) is 18.7 Å². The summed E-state index contributed by atoms with van der Waals surface area (Å²) in [6.07, 6.45) is 0. The third-order valence-electron chi connectivity index (χ3n) is 3.23. The van der Waals surface area contributed by atoms with E-state index in [1.54, 1.807) is 24.0 Å². The van der Waals surface area contributed by atoms with Crippen molar-refractivity contribution in [1.82, 2.24) is 4.90 Å². The fraction of sp³-hybridized carbons (Fsp3) is 0.429. The average Bonchev–Trinajstić information content (AvgIpc) is 2.46. The molecule has 0 atom stereocenters. The summed E-state index contributed by atoms with van der Waals surface area (Å²) in [5, 5.41) is 9.03. The maximum atomic E-state index is 11.9. The molecule has 1 N–H and O–H groups in total. The third kappa shape index (κ3) is 3.27. The van der Waals surface area contributed by atoms with E-state index in [0.29, 0.717) is 37.6 Å². The lowest BCUT2D eigenvalue weighted by atomic mass is 10.1. The first-order valence-corrected chi connectivity index (χ1v) is 6.41. The van der Waals surface area contributed by atoms with Crippen LogP contribution in [0.2, 0.25) is 0 Å². The van der Waals surface area contributed by atoms with Crippen molar-refractivity contribution < 1.29 is 24.2 Å². The van der Waals surface area contributed by atoms with Crippen molar-refractivity contribution in [1.29, 1.82) is 0 Å². The van der Waals surface area contributed by atoms with Gasteiger partial charge in [-0.05, 0) is 19.1 Å². The van der Waals surface area contributed by atoms with Crippen LogP contribution in [0.5, 0.6) is 5.75 Å². The summed E-state index contributed by atoms with van der Waals surface area (Å²) in [5.74, 6) is -0.701. The maximum Gasteiger partial charge on any atom is 0.336 e. The van der Waals surface area contributed by atoms with Crippen molar-refractivity contribution in [3.05, 3.63) is 29.3 Å². The Labute approximate surface area is 116 Å². The van der Waals surface area contributed by atoms with Crippen molar-refractivity contribution >= 4 is 11.9 Å². The molecule has 6 heteroatoms. The number of morpholine rings is 1. The third-order valence-corrected chi connectivity index (χ3v) is 3.23. The van der Waals surface area contributed by atoms with E-state index in [-0.39, 0.29) is 18.1 Å². The van der Waals surface area contributed by atoms with E-state index in [1.165, 1.54) is 6.07 Å². The minimum absolute atomic E-state index is 0.0933. The van der Waals surface area contributed by atoms with Crippen LogP contribution in [0.4, 0.5) is 0 Å². The summed E-state index contributed by atoms with van der Waals surface area (Å²) >= 11 is 0. The van der Waals surface area contributed by atoms with Gasteiger partial charge < -0.3 is 19.5 Å². The number of ether oxygens (including phenoxy) is 2. The molecule has 1 aromatic rings. The van der Waals surface area contributed by atoms with Crippen LogP contribution in [0.25, 0.3) is 0 Å². The molecule has 0 radical (unpaired) electrons. The van der Waals surface area contributed by atoms with Crippen LogP contribution in [0.3, 0.4) is 0 Å². The molecule has 0 spiro atoms. The molecule has 1 aliphatic rings. The molecular formula is C14H17NO5. The van der Waals surface area contributed by atoms with Gasteiger partial charge in [0.2, 0.25) is 0 Å². The van der Waals surface area contributed by atoms with Gasteiger partial charge in [0.15, 0.2) is 6.61 Å². The summed E-state index contributed by atoms with van der Waals surface area (Å²) in [7, 11) is 0. The van der Waals surface area contributed by atoms with E-state index in [2.05, 4.69) is 0 Å². The highest BCUT2D eigenvalue weighted by atomic mass is 16.5. The molecule has 1 heterocycles. The molecule has 0 aliphatic carbocycles. The van der Waals surface area contributed by atoms with Gasteiger partial charge in [-0.25, -0.2) is 4.79 Å². The van der Waals surface area contributed by atoms with Crippen LogP contribution in [0.15, 0.2) is 18.2 Å². The Balaban J connectivity index is 1.98. The summed E-state index contributed by atoms with van der Waals surface area (Å²) in [5.41, 5.74) is 0.705. The molecule has 0 aromatic heterocycles. The van der Waals surface area contributed by atoms with Crippen LogP contribution in [-0.4, -0.2) is 54.8 Å². The normalized spacial score (nSPS) is 14.9. The van der Waals surface area contributed by atoms with Gasteiger partial charge in [-0.3, -0.25) is 4.79 Å². The molecule has 1 aromatic carbocycles. The number of hydrogen-bond donors (Lipinski definition) is 1. The molecule has 1 amide bonds. The lowest BCUT2D eigenvalue weighted by Gasteiger charge is -2.26. The maximum absolute atomic E-state index is 11.9. The molecule has 6 nitrogen and oxygen atoms in total. The van der Waals surface area contributed by atoms with E-state index in [0.717, 1.165) is 0 Å². The summed E-state index contributed by atoms with van der Waals surface area (Å²) < 4.78 is 10.6. The Morgan fingerprint density at radius 1 is 1.35 bits per heavy atom. The number of carboxylic acids is 1. The summed E-state index contributed by atoms with van der Waals surface area (Å²) in [6, 6.07) is 4.77. The van der Waals surface area contributed by atoms with Gasteiger partial charge in [-0.1, -0.05) is 6.07 Å². The molecule has 20 heavy (non-hydrogen) atoms. The van der Waals surface area contributed by atoms with Gasteiger partial charge in [0.25, 0.3) is 5.91 Å². The van der Waals surface area contributed by atoms with E-state index in [1.807, 2.05) is 0 Å². The molecule has 0 saturated carbocycles. The Hall–Kier alpha value is -2.08. The van der Waals surface area contributed by atoms with E-state index in [4.69, 9.17) is 14.6 Å². The van der Waals surface area contributed by atoms with Crippen molar-refractivity contribution in [2.75, 3.05) is 32.9 Å². The number of rotatable bonds is 4. The first-order chi connectivity index (χ1) is 9.59. The number of amides is 1. The van der Waals surface area contributed by atoms with Crippen molar-refractivity contribution in [2.45, 2.75) is 6.92 Å². The Morgan fingerprint density at radius 3 is 2.70 bits per heavy atom. The molecule has 108 valence electrons. The minimum atomic E-state index is -1.01. The van der Waals surface area contributed by atoms with Crippen molar-refractivity contribution in [3.8, 4) is 5.75 Å². The quantitative estimate of drug-likeness (QED) is 0.887. The number of hydrogen-bond acceptors (Lipinski definition) is 4. The highest BCUT2D eigenvalue weighted by Crippen LogP contribution is 2.21. The van der Waals surface area contributed by atoms with Crippen LogP contribution in [0, 0.1) is 6.92 Å². The molecule has 1 aliphatic heterocycles. The van der Waals surface area contributed by atoms with Gasteiger partial charge in [0.1, 0.15) is 5.75 Å². The number of benzene rings is 1. The fourth-order valence-corrected chi connectivity index (χ4v) is 2.05. The second-order valence-corrected chi connectivity index (χ2v) is 4.52. The van der Waals surface area contributed by atoms with Crippen molar-refractivity contribution in [3.63, 3.8) is 0 Å². The Bertz CT molecular complexity index is 508. The fourth-order valence-electron chi connectivity index (χ4n) is 2.05. The van der Waals surface area contributed by atoms with Gasteiger partial charge in [0.05, 0.1) is 18.8 Å². The molecule has 1 fully saturated rings. The number of nitrogens with zero attached hydrogens (tertiary/aromatic N) is 1. The summed E-state index contributed by atoms with van der Waals surface area (Å²) in [6.45, 7) is 3.78. The first kappa shape index (κ1) is 14.3. The Kier molecular flexibility index (Phi) is 4.57. The predicted molar refractivity (Wildman–Crippen MR) is 71.0 cm³/mol. The topological polar surface area (TPSA) is 76.1 Å². The van der Waals surface area contributed by atoms with Crippen LogP contribution >= 0.6 is 0 Å². The highest BCUT2D eigenvalue weighted by molar-refractivity contribution is 5.90. The van der Waals surface area contributed by atoms with Gasteiger partial charge in [-0.15, -0.1) is 0 Å². The van der Waals surface area contributed by atoms with E-state index < -0.39 is 5.97 Å². The second-order valence-electron chi connectivity index (χ2n) is 4.52. The largest absolute Gasteiger partial charge is 0.483 e. The number of carboxylic acid groups (broad SMARTS) is 1. The summed E-state index contributed by atoms with van der Waals surface area (Å²) in [4.78, 5) is 24.6. The smallest absolute Gasteiger partial charge is 0.336 e. The van der Waals surface area contributed by atoms with Crippen molar-refractivity contribution in [2.24, 2.45) is 0 Å². The molecule has 0 bridgehead atoms. The average molecular weight is 279 g/mol. The number of carbonyl (C=O) groups excluding carboxylic acids is 1. The van der Waals surface area contributed by atoms with E-state index >= 15 is 0 Å². The van der Waals surface area contributed by atoms with Crippen LogP contribution in [-0.2, 0) is 9.53 Å². The standard InChI is InChI=1S/C14H17NO5/c1-10-11(14(17)18)3-2-4-12(10)20-9-13(16)15-5-7-19-8-6-15/h2-4H,5-9H2,1H3,(H,17,18). The highest BCUT2D eigenvalue weighted by Gasteiger charge is 2.18. The lowest BCUT2D eigenvalue weighted by molar-refractivity contribution is -0.137. The van der Waals surface area contributed by atoms with Crippen LogP contribution < -0.4 is 4.74 Å². The second kappa shape index (κ2) is 6.38. The monoisotopic (exact) mass is 279 g/mol.